The van der Waals surface area contributed by atoms with Gasteiger partial charge in [-0.05, 0) is 44.5 Å². The van der Waals surface area contributed by atoms with Crippen LogP contribution in [-0.2, 0) is 11.3 Å². The molecule has 8 nitrogen and oxygen atoms in total. The van der Waals surface area contributed by atoms with Gasteiger partial charge in [-0.3, -0.25) is 10.1 Å². The fraction of sp³-hybridized carbons (Fsp3) is 0.263. The lowest BCUT2D eigenvalue weighted by Crippen LogP contribution is -2.27. The Bertz CT molecular complexity index is 1030. The first-order valence-electron chi connectivity index (χ1n) is 8.53. The van der Waals surface area contributed by atoms with Gasteiger partial charge in [-0.25, -0.2) is 14.8 Å². The highest BCUT2D eigenvalue weighted by atomic mass is 32.1. The summed E-state index contributed by atoms with van der Waals surface area (Å²) in [4.78, 5) is 32.1. The van der Waals surface area contributed by atoms with E-state index >= 15 is 0 Å². The summed E-state index contributed by atoms with van der Waals surface area (Å²) in [5.41, 5.74) is 1.16. The van der Waals surface area contributed by atoms with Crippen molar-refractivity contribution in [1.29, 1.82) is 0 Å². The van der Waals surface area contributed by atoms with Crippen LogP contribution in [0.3, 0.4) is 0 Å². The van der Waals surface area contributed by atoms with E-state index in [-0.39, 0.29) is 17.5 Å². The minimum absolute atomic E-state index is 0.141. The summed E-state index contributed by atoms with van der Waals surface area (Å²) in [7, 11) is 0. The SMILES string of the molecule is CC(C)(C)OC(=O)Nc1nc2ccc(CNC(=O)c3cccc(O)n3)cc2s1. The molecule has 1 aromatic carbocycles. The molecule has 0 fully saturated rings. The van der Waals surface area contributed by atoms with E-state index in [1.54, 1.807) is 26.8 Å². The molecule has 2 aromatic heterocycles. The monoisotopic (exact) mass is 400 g/mol. The number of thiazole rings is 1. The Kier molecular flexibility index (Phi) is 5.46. The lowest BCUT2D eigenvalue weighted by atomic mass is 10.2. The molecule has 3 N–H and O–H groups in total. The zero-order valence-corrected chi connectivity index (χ0v) is 16.5. The predicted molar refractivity (Wildman–Crippen MR) is 107 cm³/mol. The second kappa shape index (κ2) is 7.81. The Labute approximate surface area is 165 Å². The molecule has 9 heteroatoms. The number of anilines is 1. The molecule has 0 aliphatic rings. The van der Waals surface area contributed by atoms with Crippen LogP contribution in [0.4, 0.5) is 9.93 Å². The molecule has 0 saturated heterocycles. The maximum absolute atomic E-state index is 12.1. The summed E-state index contributed by atoms with van der Waals surface area (Å²) in [5, 5.41) is 15.2. The lowest BCUT2D eigenvalue weighted by Gasteiger charge is -2.18. The maximum Gasteiger partial charge on any atom is 0.413 e. The van der Waals surface area contributed by atoms with Gasteiger partial charge in [0.15, 0.2) is 5.13 Å². The van der Waals surface area contributed by atoms with Crippen molar-refractivity contribution in [1.82, 2.24) is 15.3 Å². The van der Waals surface area contributed by atoms with Crippen LogP contribution in [0.2, 0.25) is 0 Å². The largest absolute Gasteiger partial charge is 0.493 e. The number of nitrogens with zero attached hydrogens (tertiary/aromatic N) is 2. The number of nitrogens with one attached hydrogen (secondary N) is 2. The topological polar surface area (TPSA) is 113 Å². The molecule has 0 saturated carbocycles. The van der Waals surface area contributed by atoms with Gasteiger partial charge in [0, 0.05) is 12.6 Å². The number of carbonyl (C=O) groups is 2. The molecule has 28 heavy (non-hydrogen) atoms. The Morgan fingerprint density at radius 3 is 2.68 bits per heavy atom. The fourth-order valence-corrected chi connectivity index (χ4v) is 3.26. The number of pyridine rings is 1. The van der Waals surface area contributed by atoms with Crippen LogP contribution >= 0.6 is 11.3 Å². The normalized spacial score (nSPS) is 11.2. The molecule has 0 unspecified atom stereocenters. The van der Waals surface area contributed by atoms with Crippen molar-refractivity contribution < 1.29 is 19.4 Å². The van der Waals surface area contributed by atoms with Crippen LogP contribution in [0.5, 0.6) is 5.88 Å². The van der Waals surface area contributed by atoms with Crippen molar-refractivity contribution in [3.05, 3.63) is 47.7 Å². The third-order valence-electron chi connectivity index (χ3n) is 3.48. The Hall–Kier alpha value is -3.20. The minimum Gasteiger partial charge on any atom is -0.493 e. The van der Waals surface area contributed by atoms with E-state index in [1.807, 2.05) is 18.2 Å². The summed E-state index contributed by atoms with van der Waals surface area (Å²) >= 11 is 1.32. The smallest absolute Gasteiger partial charge is 0.413 e. The molecule has 0 aliphatic heterocycles. The van der Waals surface area contributed by atoms with Gasteiger partial charge in [0.25, 0.3) is 5.91 Å². The third-order valence-corrected chi connectivity index (χ3v) is 4.41. The number of aromatic nitrogens is 2. The van der Waals surface area contributed by atoms with E-state index in [9.17, 15) is 14.7 Å². The van der Waals surface area contributed by atoms with Gasteiger partial charge in [-0.15, -0.1) is 0 Å². The zero-order chi connectivity index (χ0) is 20.3. The van der Waals surface area contributed by atoms with Crippen LogP contribution in [0, 0.1) is 0 Å². The fourth-order valence-electron chi connectivity index (χ4n) is 2.35. The highest BCUT2D eigenvalue weighted by Crippen LogP contribution is 2.27. The van der Waals surface area contributed by atoms with Crippen LogP contribution in [-0.4, -0.2) is 32.7 Å². The van der Waals surface area contributed by atoms with Crippen LogP contribution in [0.25, 0.3) is 10.2 Å². The molecule has 146 valence electrons. The Morgan fingerprint density at radius 1 is 1.18 bits per heavy atom. The summed E-state index contributed by atoms with van der Waals surface area (Å²) in [6.07, 6.45) is -0.558. The maximum atomic E-state index is 12.1. The highest BCUT2D eigenvalue weighted by molar-refractivity contribution is 7.22. The number of hydrogen-bond acceptors (Lipinski definition) is 7. The molecule has 0 spiro atoms. The number of amides is 2. The molecule has 2 amide bonds. The molecule has 3 aromatic rings. The number of aromatic hydroxyl groups is 1. The van der Waals surface area contributed by atoms with E-state index in [4.69, 9.17) is 4.74 Å². The molecular formula is C19H20N4O4S. The van der Waals surface area contributed by atoms with E-state index in [2.05, 4.69) is 20.6 Å². The van der Waals surface area contributed by atoms with Crippen molar-refractivity contribution in [3.8, 4) is 5.88 Å². The molecule has 0 radical (unpaired) electrons. The predicted octanol–water partition coefficient (Wildman–Crippen LogP) is 3.67. The third kappa shape index (κ3) is 5.17. The van der Waals surface area contributed by atoms with Gasteiger partial charge in [-0.2, -0.15) is 0 Å². The van der Waals surface area contributed by atoms with Crippen LogP contribution < -0.4 is 10.6 Å². The molecule has 0 aliphatic carbocycles. The number of hydrogen-bond donors (Lipinski definition) is 3. The summed E-state index contributed by atoms with van der Waals surface area (Å²) in [6.45, 7) is 5.66. The van der Waals surface area contributed by atoms with Crippen LogP contribution in [0.1, 0.15) is 36.8 Å². The highest BCUT2D eigenvalue weighted by Gasteiger charge is 2.17. The van der Waals surface area contributed by atoms with E-state index in [1.165, 1.54) is 23.5 Å². The number of ether oxygens (including phenoxy) is 1. The summed E-state index contributed by atoms with van der Waals surface area (Å²) in [6, 6.07) is 10.0. The molecule has 0 bridgehead atoms. The molecule has 0 atom stereocenters. The van der Waals surface area contributed by atoms with Crippen molar-refractivity contribution in [2.24, 2.45) is 0 Å². The van der Waals surface area contributed by atoms with E-state index in [0.29, 0.717) is 11.7 Å². The van der Waals surface area contributed by atoms with Crippen molar-refractivity contribution >= 4 is 38.7 Å². The van der Waals surface area contributed by atoms with Gasteiger partial charge in [0.2, 0.25) is 5.88 Å². The van der Waals surface area contributed by atoms with Gasteiger partial charge in [-0.1, -0.05) is 23.5 Å². The van der Waals surface area contributed by atoms with Crippen molar-refractivity contribution in [3.63, 3.8) is 0 Å². The standard InChI is InChI=1S/C19H20N4O4S/c1-19(2,3)27-18(26)23-17-22-12-8-7-11(9-14(12)28-17)10-20-16(25)13-5-4-6-15(24)21-13/h4-9H,10H2,1-3H3,(H,20,25)(H,21,24)(H,22,23,26). The summed E-state index contributed by atoms with van der Waals surface area (Å²) in [5.74, 6) is -0.587. The molecule has 2 heterocycles. The second-order valence-electron chi connectivity index (χ2n) is 7.01. The zero-order valence-electron chi connectivity index (χ0n) is 15.6. The first kappa shape index (κ1) is 19.6. The second-order valence-corrected chi connectivity index (χ2v) is 8.04. The van der Waals surface area contributed by atoms with Gasteiger partial charge >= 0.3 is 6.09 Å². The quantitative estimate of drug-likeness (QED) is 0.616. The number of fused-ring (bicyclic) bond motifs is 1. The van der Waals surface area contributed by atoms with Gasteiger partial charge in [0.05, 0.1) is 10.2 Å². The number of carbonyl (C=O) groups excluding carboxylic acids is 2. The summed E-state index contributed by atoms with van der Waals surface area (Å²) < 4.78 is 6.09. The van der Waals surface area contributed by atoms with Crippen molar-refractivity contribution in [2.45, 2.75) is 32.9 Å². The number of benzene rings is 1. The molecule has 3 rings (SSSR count). The van der Waals surface area contributed by atoms with Crippen LogP contribution in [0.15, 0.2) is 36.4 Å². The van der Waals surface area contributed by atoms with Crippen molar-refractivity contribution in [2.75, 3.05) is 5.32 Å². The average molecular weight is 400 g/mol. The van der Waals surface area contributed by atoms with E-state index in [0.717, 1.165) is 15.8 Å². The lowest BCUT2D eigenvalue weighted by molar-refractivity contribution is 0.0635. The Balaban J connectivity index is 1.65. The molecular weight excluding hydrogens is 380 g/mol. The first-order valence-corrected chi connectivity index (χ1v) is 9.35. The minimum atomic E-state index is -0.587. The first-order chi connectivity index (χ1) is 13.2. The van der Waals surface area contributed by atoms with E-state index < -0.39 is 11.7 Å². The average Bonchev–Trinajstić information content (AvgIpc) is 2.99. The van der Waals surface area contributed by atoms with Gasteiger partial charge in [0.1, 0.15) is 11.3 Å². The number of rotatable bonds is 4. The van der Waals surface area contributed by atoms with Gasteiger partial charge < -0.3 is 15.2 Å². The Morgan fingerprint density at radius 2 is 1.96 bits per heavy atom.